The van der Waals surface area contributed by atoms with Gasteiger partial charge in [0.25, 0.3) is 0 Å². The molecule has 1 aromatic carbocycles. The lowest BCUT2D eigenvalue weighted by Gasteiger charge is -2.07. The zero-order chi connectivity index (χ0) is 15.2. The number of aromatic nitrogens is 2. The van der Waals surface area contributed by atoms with E-state index in [1.807, 2.05) is 13.8 Å². The fraction of sp³-hybridized carbons (Fsp3) is 0.500. The average Bonchev–Trinajstić information content (AvgIpc) is 2.95. The van der Waals surface area contributed by atoms with E-state index in [0.717, 1.165) is 6.54 Å². The van der Waals surface area contributed by atoms with Crippen LogP contribution in [-0.2, 0) is 6.54 Å². The van der Waals surface area contributed by atoms with Gasteiger partial charge in [0, 0.05) is 6.54 Å². The molecule has 2 rings (SSSR count). The van der Waals surface area contributed by atoms with Gasteiger partial charge in [0.1, 0.15) is 0 Å². The molecule has 114 valence electrons. The quantitative estimate of drug-likeness (QED) is 0.816. The van der Waals surface area contributed by atoms with Crippen LogP contribution in [0.4, 0.5) is 6.01 Å². The third-order valence-corrected chi connectivity index (χ3v) is 3.41. The maximum Gasteiger partial charge on any atom is 0.315 e. The molecule has 5 heteroatoms. The van der Waals surface area contributed by atoms with Crippen molar-refractivity contribution in [3.63, 3.8) is 0 Å². The van der Waals surface area contributed by atoms with Crippen molar-refractivity contribution in [2.45, 2.75) is 46.2 Å². The second-order valence-electron chi connectivity index (χ2n) is 5.47. The molecule has 0 radical (unpaired) electrons. The molecule has 1 atom stereocenters. The number of nitrogens with zero attached hydrogens (tertiary/aromatic N) is 2. The molecule has 5 nitrogen and oxygen atoms in total. The molecule has 1 heterocycles. The van der Waals surface area contributed by atoms with Crippen LogP contribution in [0.25, 0.3) is 0 Å². The van der Waals surface area contributed by atoms with Gasteiger partial charge >= 0.3 is 6.01 Å². The summed E-state index contributed by atoms with van der Waals surface area (Å²) < 4.78 is 5.59. The van der Waals surface area contributed by atoms with E-state index in [4.69, 9.17) is 4.42 Å². The first kappa shape index (κ1) is 15.5. The number of nitrogens with one attached hydrogen (secondary N) is 2. The van der Waals surface area contributed by atoms with Crippen molar-refractivity contribution in [1.82, 2.24) is 15.5 Å². The molecule has 0 bridgehead atoms. The van der Waals surface area contributed by atoms with Crippen LogP contribution < -0.4 is 10.6 Å². The smallest absolute Gasteiger partial charge is 0.315 e. The Kier molecular flexibility index (Phi) is 5.33. The Morgan fingerprint density at radius 2 is 1.81 bits per heavy atom. The highest BCUT2D eigenvalue weighted by Gasteiger charge is 2.12. The van der Waals surface area contributed by atoms with Gasteiger partial charge in [-0.15, -0.1) is 5.10 Å². The summed E-state index contributed by atoms with van der Waals surface area (Å²) in [4.78, 5) is 0. The van der Waals surface area contributed by atoms with Crippen LogP contribution in [0, 0.1) is 0 Å². The van der Waals surface area contributed by atoms with Crippen LogP contribution in [0.15, 0.2) is 28.7 Å². The lowest BCUT2D eigenvalue weighted by molar-refractivity contribution is 0.428. The molecule has 0 amide bonds. The molecular formula is C16H24N4O. The molecular weight excluding hydrogens is 264 g/mol. The third kappa shape index (κ3) is 4.29. The van der Waals surface area contributed by atoms with Crippen molar-refractivity contribution in [2.24, 2.45) is 0 Å². The Morgan fingerprint density at radius 1 is 1.10 bits per heavy atom. The summed E-state index contributed by atoms with van der Waals surface area (Å²) in [5.74, 6) is 1.16. The Morgan fingerprint density at radius 3 is 2.43 bits per heavy atom. The van der Waals surface area contributed by atoms with Gasteiger partial charge in [0.2, 0.25) is 5.89 Å². The molecule has 1 aromatic heterocycles. The second kappa shape index (κ2) is 7.22. The summed E-state index contributed by atoms with van der Waals surface area (Å²) in [6.45, 7) is 9.99. The summed E-state index contributed by atoms with van der Waals surface area (Å²) in [7, 11) is 0. The fourth-order valence-corrected chi connectivity index (χ4v) is 2.07. The molecule has 21 heavy (non-hydrogen) atoms. The van der Waals surface area contributed by atoms with Crippen LogP contribution in [0.3, 0.4) is 0 Å². The van der Waals surface area contributed by atoms with Crippen molar-refractivity contribution in [1.29, 1.82) is 0 Å². The van der Waals surface area contributed by atoms with E-state index < -0.39 is 0 Å². The van der Waals surface area contributed by atoms with Crippen molar-refractivity contribution in [3.8, 4) is 0 Å². The first-order chi connectivity index (χ1) is 10.1. The van der Waals surface area contributed by atoms with Crippen LogP contribution in [0.2, 0.25) is 0 Å². The zero-order valence-electron chi connectivity index (χ0n) is 13.2. The van der Waals surface area contributed by atoms with Crippen LogP contribution >= 0.6 is 0 Å². The minimum atomic E-state index is 0.0726. The monoisotopic (exact) mass is 288 g/mol. The highest BCUT2D eigenvalue weighted by molar-refractivity contribution is 5.28. The summed E-state index contributed by atoms with van der Waals surface area (Å²) in [5.41, 5.74) is 2.54. The Balaban J connectivity index is 1.91. The highest BCUT2D eigenvalue weighted by atomic mass is 16.4. The molecule has 2 N–H and O–H groups in total. The molecule has 0 aliphatic carbocycles. The minimum Gasteiger partial charge on any atom is -0.406 e. The van der Waals surface area contributed by atoms with Gasteiger partial charge in [-0.2, -0.15) is 0 Å². The number of anilines is 1. The summed E-state index contributed by atoms with van der Waals surface area (Å²) >= 11 is 0. The molecule has 0 spiro atoms. The van der Waals surface area contributed by atoms with Gasteiger partial charge in [0.05, 0.1) is 6.04 Å². The fourth-order valence-electron chi connectivity index (χ4n) is 2.07. The molecule has 0 saturated heterocycles. The van der Waals surface area contributed by atoms with Crippen LogP contribution in [0.5, 0.6) is 0 Å². The number of benzene rings is 1. The Bertz CT molecular complexity index is 548. The van der Waals surface area contributed by atoms with Gasteiger partial charge in [0.15, 0.2) is 0 Å². The van der Waals surface area contributed by atoms with Crippen molar-refractivity contribution < 1.29 is 4.42 Å². The van der Waals surface area contributed by atoms with Crippen LogP contribution in [-0.4, -0.2) is 16.7 Å². The SMILES string of the molecule is CCNC(C)c1nnc(NCc2ccc(C(C)C)cc2)o1. The Labute approximate surface area is 126 Å². The van der Waals surface area contributed by atoms with E-state index in [9.17, 15) is 0 Å². The normalized spacial score (nSPS) is 12.6. The molecule has 0 fully saturated rings. The van der Waals surface area contributed by atoms with Crippen molar-refractivity contribution in [2.75, 3.05) is 11.9 Å². The predicted octanol–water partition coefficient (Wildman–Crippen LogP) is 3.48. The molecule has 0 aliphatic heterocycles. The van der Waals surface area contributed by atoms with Gasteiger partial charge in [-0.05, 0) is 30.5 Å². The summed E-state index contributed by atoms with van der Waals surface area (Å²) in [6.07, 6.45) is 0. The minimum absolute atomic E-state index is 0.0726. The lowest BCUT2D eigenvalue weighted by Crippen LogP contribution is -2.17. The van der Waals surface area contributed by atoms with E-state index in [1.54, 1.807) is 0 Å². The van der Waals surface area contributed by atoms with Crippen molar-refractivity contribution >= 4 is 6.01 Å². The zero-order valence-corrected chi connectivity index (χ0v) is 13.2. The molecule has 0 saturated carbocycles. The second-order valence-corrected chi connectivity index (χ2v) is 5.47. The summed E-state index contributed by atoms with van der Waals surface area (Å²) in [6, 6.07) is 9.11. The largest absolute Gasteiger partial charge is 0.406 e. The lowest BCUT2D eigenvalue weighted by atomic mass is 10.0. The molecule has 1 unspecified atom stereocenters. The topological polar surface area (TPSA) is 63.0 Å². The van der Waals surface area contributed by atoms with E-state index in [0.29, 0.717) is 24.4 Å². The first-order valence-electron chi connectivity index (χ1n) is 7.49. The van der Waals surface area contributed by atoms with Crippen molar-refractivity contribution in [3.05, 3.63) is 41.3 Å². The number of rotatable bonds is 7. The van der Waals surface area contributed by atoms with E-state index in [1.165, 1.54) is 11.1 Å². The maximum atomic E-state index is 5.59. The predicted molar refractivity (Wildman–Crippen MR) is 84.2 cm³/mol. The average molecular weight is 288 g/mol. The Hall–Kier alpha value is -1.88. The highest BCUT2D eigenvalue weighted by Crippen LogP contribution is 2.16. The van der Waals surface area contributed by atoms with Crippen LogP contribution in [0.1, 0.15) is 56.7 Å². The number of hydrogen-bond donors (Lipinski definition) is 2. The van der Waals surface area contributed by atoms with Gasteiger partial charge in [-0.25, -0.2) is 0 Å². The van der Waals surface area contributed by atoms with Gasteiger partial charge in [-0.1, -0.05) is 50.1 Å². The third-order valence-electron chi connectivity index (χ3n) is 3.41. The standard InChI is InChI=1S/C16H24N4O/c1-5-17-12(4)15-19-20-16(21-15)18-10-13-6-8-14(9-7-13)11(2)3/h6-9,11-12,17H,5,10H2,1-4H3,(H,18,20). The summed E-state index contributed by atoms with van der Waals surface area (Å²) in [5, 5.41) is 14.5. The van der Waals surface area contributed by atoms with E-state index >= 15 is 0 Å². The first-order valence-corrected chi connectivity index (χ1v) is 7.49. The maximum absolute atomic E-state index is 5.59. The molecule has 2 aromatic rings. The molecule has 0 aliphatic rings. The number of hydrogen-bond acceptors (Lipinski definition) is 5. The van der Waals surface area contributed by atoms with E-state index in [2.05, 4.69) is 58.9 Å². The van der Waals surface area contributed by atoms with E-state index in [-0.39, 0.29) is 6.04 Å². The van der Waals surface area contributed by atoms with Gasteiger partial charge in [-0.3, -0.25) is 0 Å². The van der Waals surface area contributed by atoms with Gasteiger partial charge < -0.3 is 15.1 Å².